The highest BCUT2D eigenvalue weighted by Gasteiger charge is 2.24. The van der Waals surface area contributed by atoms with Crippen LogP contribution in [0.4, 0.5) is 4.39 Å². The summed E-state index contributed by atoms with van der Waals surface area (Å²) >= 11 is 0. The van der Waals surface area contributed by atoms with Crippen molar-refractivity contribution in [2.24, 2.45) is 5.92 Å². The summed E-state index contributed by atoms with van der Waals surface area (Å²) in [4.78, 5) is 0. The average Bonchev–Trinajstić information content (AvgIpc) is 2.67. The Bertz CT molecular complexity index is 299. The number of nitrogens with one attached hydrogen (secondary N) is 1. The molecule has 2 N–H and O–H groups in total. The maximum absolute atomic E-state index is 12.7. The van der Waals surface area contributed by atoms with Crippen LogP contribution < -0.4 is 5.32 Å². The third kappa shape index (κ3) is 1.94. The van der Waals surface area contributed by atoms with E-state index in [4.69, 9.17) is 5.11 Å². The topological polar surface area (TPSA) is 32.3 Å². The van der Waals surface area contributed by atoms with E-state index in [2.05, 4.69) is 5.32 Å². The van der Waals surface area contributed by atoms with E-state index in [9.17, 15) is 4.39 Å². The van der Waals surface area contributed by atoms with E-state index in [1.165, 1.54) is 12.1 Å². The van der Waals surface area contributed by atoms with Crippen molar-refractivity contribution in [1.29, 1.82) is 0 Å². The Balaban J connectivity index is 2.06. The standard InChI is InChI=1S/C11H14FNO/c12-10-3-1-9(2-4-10)11-5-8(7-14)6-13-11/h1-4,8,11,13-14H,5-7H2. The molecule has 2 atom stereocenters. The van der Waals surface area contributed by atoms with Crippen LogP contribution in [0.25, 0.3) is 0 Å². The number of aliphatic hydroxyl groups excluding tert-OH is 1. The molecule has 76 valence electrons. The van der Waals surface area contributed by atoms with E-state index in [-0.39, 0.29) is 18.5 Å². The summed E-state index contributed by atoms with van der Waals surface area (Å²) in [5, 5.41) is 12.3. The number of aliphatic hydroxyl groups is 1. The van der Waals surface area contributed by atoms with Crippen LogP contribution in [0.15, 0.2) is 24.3 Å². The fraction of sp³-hybridized carbons (Fsp3) is 0.455. The van der Waals surface area contributed by atoms with Gasteiger partial charge >= 0.3 is 0 Å². The highest BCUT2D eigenvalue weighted by atomic mass is 19.1. The number of hydrogen-bond donors (Lipinski definition) is 2. The van der Waals surface area contributed by atoms with Crippen molar-refractivity contribution in [1.82, 2.24) is 5.32 Å². The van der Waals surface area contributed by atoms with Crippen LogP contribution in [0.2, 0.25) is 0 Å². The molecule has 1 heterocycles. The van der Waals surface area contributed by atoms with Crippen molar-refractivity contribution < 1.29 is 9.50 Å². The molecule has 2 unspecified atom stereocenters. The Hall–Kier alpha value is -0.930. The Morgan fingerprint density at radius 1 is 1.36 bits per heavy atom. The van der Waals surface area contributed by atoms with Gasteiger partial charge in [0.1, 0.15) is 5.82 Å². The molecule has 0 amide bonds. The molecule has 1 fully saturated rings. The van der Waals surface area contributed by atoms with E-state index in [1.807, 2.05) is 0 Å². The van der Waals surface area contributed by atoms with E-state index < -0.39 is 0 Å². The quantitative estimate of drug-likeness (QED) is 0.749. The second-order valence-electron chi connectivity index (χ2n) is 3.80. The van der Waals surface area contributed by atoms with Crippen LogP contribution >= 0.6 is 0 Å². The van der Waals surface area contributed by atoms with Crippen molar-refractivity contribution in [3.63, 3.8) is 0 Å². The monoisotopic (exact) mass is 195 g/mol. The van der Waals surface area contributed by atoms with Gasteiger partial charge in [0.05, 0.1) is 0 Å². The first-order valence-corrected chi connectivity index (χ1v) is 4.89. The van der Waals surface area contributed by atoms with Gasteiger partial charge in [-0.05, 0) is 30.0 Å². The molecular formula is C11H14FNO. The van der Waals surface area contributed by atoms with E-state index in [1.54, 1.807) is 12.1 Å². The first-order chi connectivity index (χ1) is 6.79. The largest absolute Gasteiger partial charge is 0.396 e. The van der Waals surface area contributed by atoms with Crippen LogP contribution in [0.5, 0.6) is 0 Å². The molecule has 0 aliphatic carbocycles. The SMILES string of the molecule is OCC1CNC(c2ccc(F)cc2)C1. The number of benzene rings is 1. The maximum Gasteiger partial charge on any atom is 0.123 e. The molecule has 1 aliphatic rings. The molecule has 2 rings (SSSR count). The second kappa shape index (κ2) is 4.07. The first-order valence-electron chi connectivity index (χ1n) is 4.89. The minimum absolute atomic E-state index is 0.203. The second-order valence-corrected chi connectivity index (χ2v) is 3.80. The highest BCUT2D eigenvalue weighted by Crippen LogP contribution is 2.26. The molecule has 1 aliphatic heterocycles. The molecule has 0 bridgehead atoms. The summed E-state index contributed by atoms with van der Waals surface area (Å²) in [7, 11) is 0. The van der Waals surface area contributed by atoms with Gasteiger partial charge in [0.2, 0.25) is 0 Å². The summed E-state index contributed by atoms with van der Waals surface area (Å²) in [6.07, 6.45) is 0.933. The summed E-state index contributed by atoms with van der Waals surface area (Å²) in [5.41, 5.74) is 1.10. The third-order valence-electron chi connectivity index (χ3n) is 2.75. The van der Waals surface area contributed by atoms with Crippen molar-refractivity contribution in [3.05, 3.63) is 35.6 Å². The van der Waals surface area contributed by atoms with Crippen LogP contribution in [0.3, 0.4) is 0 Å². The fourth-order valence-corrected chi connectivity index (χ4v) is 1.90. The van der Waals surface area contributed by atoms with Crippen LogP contribution in [-0.2, 0) is 0 Å². The lowest BCUT2D eigenvalue weighted by atomic mass is 10.0. The Morgan fingerprint density at radius 2 is 2.07 bits per heavy atom. The van der Waals surface area contributed by atoms with Gasteiger partial charge in [0, 0.05) is 19.2 Å². The lowest BCUT2D eigenvalue weighted by Gasteiger charge is -2.10. The Kier molecular flexibility index (Phi) is 2.79. The Morgan fingerprint density at radius 3 is 2.64 bits per heavy atom. The molecule has 0 aromatic heterocycles. The highest BCUT2D eigenvalue weighted by molar-refractivity contribution is 5.20. The third-order valence-corrected chi connectivity index (χ3v) is 2.75. The van der Waals surface area contributed by atoms with Gasteiger partial charge in [-0.2, -0.15) is 0 Å². The maximum atomic E-state index is 12.7. The molecule has 1 aromatic rings. The normalized spacial score (nSPS) is 26.7. The average molecular weight is 195 g/mol. The van der Waals surface area contributed by atoms with Crippen molar-refractivity contribution in [3.8, 4) is 0 Å². The molecule has 0 saturated carbocycles. The van der Waals surface area contributed by atoms with Gasteiger partial charge < -0.3 is 10.4 Å². The van der Waals surface area contributed by atoms with Crippen molar-refractivity contribution in [2.45, 2.75) is 12.5 Å². The fourth-order valence-electron chi connectivity index (χ4n) is 1.90. The Labute approximate surface area is 82.8 Å². The molecular weight excluding hydrogens is 181 g/mol. The van der Waals surface area contributed by atoms with E-state index in [0.29, 0.717) is 5.92 Å². The molecule has 2 nitrogen and oxygen atoms in total. The van der Waals surface area contributed by atoms with Gasteiger partial charge in [-0.1, -0.05) is 12.1 Å². The summed E-state index contributed by atoms with van der Waals surface area (Å²) in [6, 6.07) is 6.82. The molecule has 1 saturated heterocycles. The van der Waals surface area contributed by atoms with Gasteiger partial charge in [-0.15, -0.1) is 0 Å². The molecule has 0 spiro atoms. The molecule has 14 heavy (non-hydrogen) atoms. The zero-order valence-electron chi connectivity index (χ0n) is 7.91. The van der Waals surface area contributed by atoms with E-state index in [0.717, 1.165) is 18.5 Å². The van der Waals surface area contributed by atoms with Gasteiger partial charge in [-0.25, -0.2) is 4.39 Å². The van der Waals surface area contributed by atoms with Crippen molar-refractivity contribution >= 4 is 0 Å². The van der Waals surface area contributed by atoms with E-state index >= 15 is 0 Å². The minimum Gasteiger partial charge on any atom is -0.396 e. The zero-order chi connectivity index (χ0) is 9.97. The van der Waals surface area contributed by atoms with Gasteiger partial charge in [0.15, 0.2) is 0 Å². The lowest BCUT2D eigenvalue weighted by Crippen LogP contribution is -2.14. The molecule has 1 aromatic carbocycles. The summed E-state index contributed by atoms with van der Waals surface area (Å²) in [5.74, 6) is 0.135. The van der Waals surface area contributed by atoms with Crippen LogP contribution in [0.1, 0.15) is 18.0 Å². The smallest absolute Gasteiger partial charge is 0.123 e. The predicted molar refractivity (Wildman–Crippen MR) is 52.3 cm³/mol. The number of halogens is 1. The lowest BCUT2D eigenvalue weighted by molar-refractivity contribution is 0.236. The first kappa shape index (κ1) is 9.62. The van der Waals surface area contributed by atoms with Gasteiger partial charge in [0.25, 0.3) is 0 Å². The summed E-state index contributed by atoms with van der Waals surface area (Å²) < 4.78 is 12.7. The predicted octanol–water partition coefficient (Wildman–Crippen LogP) is 1.47. The number of rotatable bonds is 2. The van der Waals surface area contributed by atoms with Gasteiger partial charge in [-0.3, -0.25) is 0 Å². The summed E-state index contributed by atoms with van der Waals surface area (Å²) in [6.45, 7) is 1.07. The molecule has 3 heteroatoms. The number of hydrogen-bond acceptors (Lipinski definition) is 2. The van der Waals surface area contributed by atoms with Crippen LogP contribution in [-0.4, -0.2) is 18.3 Å². The minimum atomic E-state index is -0.203. The van der Waals surface area contributed by atoms with Crippen LogP contribution in [0, 0.1) is 11.7 Å². The van der Waals surface area contributed by atoms with Crippen molar-refractivity contribution in [2.75, 3.05) is 13.2 Å². The molecule has 0 radical (unpaired) electrons. The zero-order valence-corrected chi connectivity index (χ0v) is 7.91.